The van der Waals surface area contributed by atoms with Crippen LogP contribution in [0.1, 0.15) is 20.0 Å². The molecule has 1 amide bonds. The summed E-state index contributed by atoms with van der Waals surface area (Å²) in [6, 6.07) is 17.5. The quantitative estimate of drug-likeness (QED) is 0.353. The van der Waals surface area contributed by atoms with Crippen molar-refractivity contribution in [1.29, 1.82) is 0 Å². The zero-order valence-electron chi connectivity index (χ0n) is 12.4. The first-order valence-electron chi connectivity index (χ1n) is 7.05. The third-order valence-electron chi connectivity index (χ3n) is 3.16. The Hall–Kier alpha value is -2.19. The first-order chi connectivity index (χ1) is 11.6. The Labute approximate surface area is 156 Å². The van der Waals surface area contributed by atoms with Gasteiger partial charge < -0.3 is 10.1 Å². The molecule has 0 aliphatic rings. The van der Waals surface area contributed by atoms with Gasteiger partial charge in [-0.2, -0.15) is 0 Å². The first kappa shape index (κ1) is 16.7. The third-order valence-corrected chi connectivity index (χ3v) is 4.97. The smallest absolute Gasteiger partial charge is 0.344 e. The summed E-state index contributed by atoms with van der Waals surface area (Å²) in [6.45, 7) is 0. The molecular weight excluding hydrogens is 437 g/mol. The van der Waals surface area contributed by atoms with Crippen LogP contribution in [0.15, 0.2) is 66.0 Å². The normalized spacial score (nSPS) is 10.2. The standard InChI is InChI=1S/C18H12INO3S/c19-15-5-2-1-4-14(15)18(22)23-13-9-7-12(8-10-13)20-17(21)16-6-3-11-24-16/h1-11H,(H,20,21). The molecule has 0 bridgehead atoms. The van der Waals surface area contributed by atoms with E-state index < -0.39 is 5.97 Å². The fourth-order valence-electron chi connectivity index (χ4n) is 2.00. The fraction of sp³-hybridized carbons (Fsp3) is 0. The number of halogens is 1. The lowest BCUT2D eigenvalue weighted by Gasteiger charge is -2.07. The van der Waals surface area contributed by atoms with E-state index >= 15 is 0 Å². The van der Waals surface area contributed by atoms with E-state index in [2.05, 4.69) is 27.9 Å². The number of nitrogens with one attached hydrogen (secondary N) is 1. The van der Waals surface area contributed by atoms with Crippen molar-refractivity contribution in [3.63, 3.8) is 0 Å². The van der Waals surface area contributed by atoms with E-state index in [1.807, 2.05) is 23.6 Å². The fourth-order valence-corrected chi connectivity index (χ4v) is 3.22. The minimum absolute atomic E-state index is 0.159. The number of carbonyl (C=O) groups is 2. The summed E-state index contributed by atoms with van der Waals surface area (Å²) >= 11 is 3.47. The Morgan fingerprint density at radius 3 is 2.38 bits per heavy atom. The van der Waals surface area contributed by atoms with Crippen LogP contribution in [-0.2, 0) is 0 Å². The average Bonchev–Trinajstić information content (AvgIpc) is 3.11. The van der Waals surface area contributed by atoms with Gasteiger partial charge in [-0.05, 0) is 70.4 Å². The molecule has 0 unspecified atom stereocenters. The van der Waals surface area contributed by atoms with Gasteiger partial charge in [0.05, 0.1) is 10.4 Å². The summed E-state index contributed by atoms with van der Waals surface area (Å²) in [5, 5.41) is 4.65. The molecule has 1 heterocycles. The lowest BCUT2D eigenvalue weighted by atomic mass is 10.2. The number of hydrogen-bond donors (Lipinski definition) is 1. The number of hydrogen-bond acceptors (Lipinski definition) is 4. The maximum absolute atomic E-state index is 12.2. The molecule has 120 valence electrons. The van der Waals surface area contributed by atoms with Gasteiger partial charge in [0, 0.05) is 9.26 Å². The molecule has 6 heteroatoms. The van der Waals surface area contributed by atoms with Crippen molar-refractivity contribution in [2.75, 3.05) is 5.32 Å². The van der Waals surface area contributed by atoms with Crippen LogP contribution in [0.3, 0.4) is 0 Å². The van der Waals surface area contributed by atoms with Crippen LogP contribution in [0.5, 0.6) is 5.75 Å². The van der Waals surface area contributed by atoms with Crippen LogP contribution in [0.2, 0.25) is 0 Å². The zero-order chi connectivity index (χ0) is 16.9. The van der Waals surface area contributed by atoms with Crippen molar-refractivity contribution in [1.82, 2.24) is 0 Å². The first-order valence-corrected chi connectivity index (χ1v) is 9.01. The molecule has 1 aromatic heterocycles. The van der Waals surface area contributed by atoms with Crippen LogP contribution in [0, 0.1) is 3.57 Å². The number of anilines is 1. The van der Waals surface area contributed by atoms with Gasteiger partial charge in [-0.25, -0.2) is 4.79 Å². The van der Waals surface area contributed by atoms with E-state index in [1.54, 1.807) is 42.5 Å². The number of esters is 1. The Kier molecular flexibility index (Phi) is 5.27. The lowest BCUT2D eigenvalue weighted by molar-refractivity contribution is 0.0733. The monoisotopic (exact) mass is 449 g/mol. The van der Waals surface area contributed by atoms with Crippen molar-refractivity contribution in [2.45, 2.75) is 0 Å². The molecule has 0 fully saturated rings. The van der Waals surface area contributed by atoms with Crippen molar-refractivity contribution in [3.05, 3.63) is 80.1 Å². The minimum Gasteiger partial charge on any atom is -0.423 e. The zero-order valence-corrected chi connectivity index (χ0v) is 15.3. The molecule has 0 spiro atoms. The Morgan fingerprint density at radius 2 is 1.71 bits per heavy atom. The second-order valence-corrected chi connectivity index (χ2v) is 6.94. The van der Waals surface area contributed by atoms with Crippen molar-refractivity contribution in [2.24, 2.45) is 0 Å². The number of rotatable bonds is 4. The number of ether oxygens (including phenoxy) is 1. The summed E-state index contributed by atoms with van der Waals surface area (Å²) in [7, 11) is 0. The van der Waals surface area contributed by atoms with Crippen LogP contribution < -0.4 is 10.1 Å². The largest absolute Gasteiger partial charge is 0.423 e. The van der Waals surface area contributed by atoms with E-state index in [4.69, 9.17) is 4.74 Å². The Bertz CT molecular complexity index is 860. The van der Waals surface area contributed by atoms with Crippen LogP contribution in [0.4, 0.5) is 5.69 Å². The average molecular weight is 449 g/mol. The highest BCUT2D eigenvalue weighted by Gasteiger charge is 2.12. The number of thiophene rings is 1. The van der Waals surface area contributed by atoms with Crippen LogP contribution in [-0.4, -0.2) is 11.9 Å². The van der Waals surface area contributed by atoms with E-state index in [9.17, 15) is 9.59 Å². The summed E-state index contributed by atoms with van der Waals surface area (Å²) in [4.78, 5) is 24.8. The molecule has 0 saturated carbocycles. The molecule has 0 radical (unpaired) electrons. The molecule has 1 N–H and O–H groups in total. The molecule has 4 nitrogen and oxygen atoms in total. The lowest BCUT2D eigenvalue weighted by Crippen LogP contribution is -2.11. The molecule has 0 aliphatic heterocycles. The Balaban J connectivity index is 1.65. The van der Waals surface area contributed by atoms with E-state index in [0.717, 1.165) is 3.57 Å². The molecule has 2 aromatic carbocycles. The number of amides is 1. The van der Waals surface area contributed by atoms with Crippen molar-refractivity contribution in [3.8, 4) is 5.75 Å². The minimum atomic E-state index is -0.407. The van der Waals surface area contributed by atoms with Gasteiger partial charge >= 0.3 is 5.97 Å². The highest BCUT2D eigenvalue weighted by molar-refractivity contribution is 14.1. The van der Waals surface area contributed by atoms with Crippen LogP contribution in [0.25, 0.3) is 0 Å². The van der Waals surface area contributed by atoms with Gasteiger partial charge in [0.1, 0.15) is 5.75 Å². The van der Waals surface area contributed by atoms with Gasteiger partial charge in [0.2, 0.25) is 0 Å². The summed E-state index contributed by atoms with van der Waals surface area (Å²) in [5.41, 5.74) is 1.16. The SMILES string of the molecule is O=C(Nc1ccc(OC(=O)c2ccccc2I)cc1)c1cccs1. The van der Waals surface area contributed by atoms with Crippen LogP contribution >= 0.6 is 33.9 Å². The number of carbonyl (C=O) groups excluding carboxylic acids is 2. The molecule has 0 saturated heterocycles. The maximum atomic E-state index is 12.2. The Morgan fingerprint density at radius 1 is 0.958 bits per heavy atom. The summed E-state index contributed by atoms with van der Waals surface area (Å²) in [6.07, 6.45) is 0. The van der Waals surface area contributed by atoms with Gasteiger partial charge in [0.25, 0.3) is 5.91 Å². The van der Waals surface area contributed by atoms with Gasteiger partial charge in [-0.3, -0.25) is 4.79 Å². The molecule has 3 aromatic rings. The predicted octanol–water partition coefficient (Wildman–Crippen LogP) is 4.82. The summed E-state index contributed by atoms with van der Waals surface area (Å²) < 4.78 is 6.19. The van der Waals surface area contributed by atoms with Crippen molar-refractivity contribution >= 4 is 51.5 Å². The van der Waals surface area contributed by atoms with Crippen molar-refractivity contribution < 1.29 is 14.3 Å². The summed E-state index contributed by atoms with van der Waals surface area (Å²) in [5.74, 6) is -0.141. The second kappa shape index (κ2) is 7.59. The molecule has 24 heavy (non-hydrogen) atoms. The molecule has 0 aliphatic carbocycles. The van der Waals surface area contributed by atoms with Gasteiger partial charge in [-0.1, -0.05) is 18.2 Å². The highest BCUT2D eigenvalue weighted by Crippen LogP contribution is 2.20. The van der Waals surface area contributed by atoms with Gasteiger partial charge in [-0.15, -0.1) is 11.3 Å². The van der Waals surface area contributed by atoms with Gasteiger partial charge in [0.15, 0.2) is 0 Å². The molecule has 3 rings (SSSR count). The second-order valence-electron chi connectivity index (χ2n) is 4.83. The predicted molar refractivity (Wildman–Crippen MR) is 103 cm³/mol. The van der Waals surface area contributed by atoms with E-state index in [0.29, 0.717) is 21.9 Å². The molecule has 0 atom stereocenters. The van der Waals surface area contributed by atoms with E-state index in [-0.39, 0.29) is 5.91 Å². The maximum Gasteiger partial charge on any atom is 0.344 e. The highest BCUT2D eigenvalue weighted by atomic mass is 127. The van der Waals surface area contributed by atoms with E-state index in [1.165, 1.54) is 11.3 Å². The molecular formula is C18H12INO3S. The number of benzene rings is 2. The third kappa shape index (κ3) is 4.01. The topological polar surface area (TPSA) is 55.4 Å².